The highest BCUT2D eigenvalue weighted by Gasteiger charge is 2.12. The SMILES string of the molecule is Oc1cc(Cl)c(OCc2c(Cl)cccc2Cl)c(Cl)c1. The number of ether oxygens (including phenoxy) is 1. The van der Waals surface area contributed by atoms with E-state index in [0.717, 1.165) is 0 Å². The minimum Gasteiger partial charge on any atom is -0.508 e. The fourth-order valence-corrected chi connectivity index (χ4v) is 2.59. The predicted octanol–water partition coefficient (Wildman–Crippen LogP) is 5.58. The second kappa shape index (κ2) is 6.10. The van der Waals surface area contributed by atoms with Crippen molar-refractivity contribution in [1.82, 2.24) is 0 Å². The van der Waals surface area contributed by atoms with Crippen LogP contribution in [0.1, 0.15) is 5.56 Å². The largest absolute Gasteiger partial charge is 0.508 e. The molecule has 0 bridgehead atoms. The molecule has 6 heteroatoms. The molecule has 0 atom stereocenters. The van der Waals surface area contributed by atoms with Crippen LogP contribution in [0.15, 0.2) is 30.3 Å². The first-order valence-corrected chi connectivity index (χ1v) is 6.74. The van der Waals surface area contributed by atoms with Gasteiger partial charge in [0.2, 0.25) is 0 Å². The minimum absolute atomic E-state index is 0.0295. The average Bonchev–Trinajstić information content (AvgIpc) is 2.31. The van der Waals surface area contributed by atoms with Crippen molar-refractivity contribution in [3.8, 4) is 11.5 Å². The van der Waals surface area contributed by atoms with Crippen molar-refractivity contribution in [2.45, 2.75) is 6.61 Å². The number of benzene rings is 2. The molecule has 2 rings (SSSR count). The van der Waals surface area contributed by atoms with Gasteiger partial charge in [-0.15, -0.1) is 0 Å². The van der Waals surface area contributed by atoms with Crippen LogP contribution >= 0.6 is 46.4 Å². The summed E-state index contributed by atoms with van der Waals surface area (Å²) in [5, 5.41) is 10.8. The molecular formula is C13H8Cl4O2. The summed E-state index contributed by atoms with van der Waals surface area (Å²) in [7, 11) is 0. The molecule has 0 saturated heterocycles. The summed E-state index contributed by atoms with van der Waals surface area (Å²) in [6.07, 6.45) is 0. The molecule has 0 aromatic heterocycles. The summed E-state index contributed by atoms with van der Waals surface area (Å²) in [6, 6.07) is 7.86. The van der Waals surface area contributed by atoms with Crippen LogP contribution in [-0.4, -0.2) is 5.11 Å². The van der Waals surface area contributed by atoms with Gasteiger partial charge in [-0.05, 0) is 12.1 Å². The van der Waals surface area contributed by atoms with Crippen molar-refractivity contribution in [2.75, 3.05) is 0 Å². The molecule has 0 amide bonds. The zero-order valence-corrected chi connectivity index (χ0v) is 12.5. The third kappa shape index (κ3) is 3.40. The van der Waals surface area contributed by atoms with Gasteiger partial charge < -0.3 is 9.84 Å². The second-order valence-corrected chi connectivity index (χ2v) is 5.36. The highest BCUT2D eigenvalue weighted by Crippen LogP contribution is 2.37. The van der Waals surface area contributed by atoms with Gasteiger partial charge in [0.05, 0.1) is 10.0 Å². The zero-order chi connectivity index (χ0) is 14.0. The van der Waals surface area contributed by atoms with Gasteiger partial charge in [0.15, 0.2) is 5.75 Å². The topological polar surface area (TPSA) is 29.5 Å². The number of hydrogen-bond acceptors (Lipinski definition) is 2. The molecular weight excluding hydrogens is 330 g/mol. The van der Waals surface area contributed by atoms with Crippen molar-refractivity contribution in [3.63, 3.8) is 0 Å². The summed E-state index contributed by atoms with van der Waals surface area (Å²) >= 11 is 24.0. The molecule has 0 unspecified atom stereocenters. The molecule has 0 fully saturated rings. The molecule has 0 aliphatic carbocycles. The van der Waals surface area contributed by atoms with Crippen LogP contribution in [-0.2, 0) is 6.61 Å². The van der Waals surface area contributed by atoms with Crippen molar-refractivity contribution in [2.24, 2.45) is 0 Å². The number of phenols is 1. The summed E-state index contributed by atoms with van der Waals surface area (Å²) in [5.74, 6) is 0.246. The molecule has 0 aliphatic rings. The lowest BCUT2D eigenvalue weighted by atomic mass is 10.2. The highest BCUT2D eigenvalue weighted by atomic mass is 35.5. The molecule has 0 saturated carbocycles. The van der Waals surface area contributed by atoms with E-state index in [1.54, 1.807) is 18.2 Å². The highest BCUT2D eigenvalue weighted by molar-refractivity contribution is 6.37. The maximum Gasteiger partial charge on any atom is 0.157 e. The Morgan fingerprint density at radius 3 is 1.95 bits per heavy atom. The van der Waals surface area contributed by atoms with Gasteiger partial charge in [-0.25, -0.2) is 0 Å². The van der Waals surface area contributed by atoms with Gasteiger partial charge in [0.25, 0.3) is 0 Å². The molecule has 0 aliphatic heterocycles. The molecule has 2 nitrogen and oxygen atoms in total. The van der Waals surface area contributed by atoms with E-state index in [-0.39, 0.29) is 28.2 Å². The minimum atomic E-state index is -0.0295. The maximum absolute atomic E-state index is 9.33. The average molecular weight is 338 g/mol. The normalized spacial score (nSPS) is 10.5. The van der Waals surface area contributed by atoms with Gasteiger partial charge in [0.1, 0.15) is 12.4 Å². The fraction of sp³-hybridized carbons (Fsp3) is 0.0769. The Morgan fingerprint density at radius 1 is 0.895 bits per heavy atom. The van der Waals surface area contributed by atoms with Crippen molar-refractivity contribution >= 4 is 46.4 Å². The van der Waals surface area contributed by atoms with E-state index in [1.807, 2.05) is 0 Å². The molecule has 0 radical (unpaired) electrons. The standard InChI is InChI=1S/C13H8Cl4O2/c14-9-2-1-3-10(15)8(9)6-19-13-11(16)4-7(18)5-12(13)17/h1-5,18H,6H2. The van der Waals surface area contributed by atoms with E-state index in [2.05, 4.69) is 0 Å². The third-order valence-electron chi connectivity index (χ3n) is 2.41. The summed E-state index contributed by atoms with van der Waals surface area (Å²) in [6.45, 7) is 0.128. The Labute approximate surface area is 130 Å². The lowest BCUT2D eigenvalue weighted by Crippen LogP contribution is -1.98. The van der Waals surface area contributed by atoms with E-state index in [1.165, 1.54) is 12.1 Å². The lowest BCUT2D eigenvalue weighted by molar-refractivity contribution is 0.306. The molecule has 1 N–H and O–H groups in total. The van der Waals surface area contributed by atoms with Gasteiger partial charge in [-0.3, -0.25) is 0 Å². The quantitative estimate of drug-likeness (QED) is 0.791. The number of aromatic hydroxyl groups is 1. The molecule has 2 aromatic carbocycles. The van der Waals surface area contributed by atoms with E-state index in [9.17, 15) is 5.11 Å². The van der Waals surface area contributed by atoms with Crippen LogP contribution < -0.4 is 4.74 Å². The van der Waals surface area contributed by atoms with E-state index < -0.39 is 0 Å². The second-order valence-electron chi connectivity index (χ2n) is 3.73. The Balaban J connectivity index is 2.24. The van der Waals surface area contributed by atoms with Crippen LogP contribution in [0.25, 0.3) is 0 Å². The van der Waals surface area contributed by atoms with Gasteiger partial charge in [-0.1, -0.05) is 52.5 Å². The molecule has 100 valence electrons. The van der Waals surface area contributed by atoms with Crippen LogP contribution in [0.2, 0.25) is 20.1 Å². The van der Waals surface area contributed by atoms with Crippen molar-refractivity contribution < 1.29 is 9.84 Å². The predicted molar refractivity (Wildman–Crippen MR) is 78.9 cm³/mol. The first-order valence-electron chi connectivity index (χ1n) is 5.22. The monoisotopic (exact) mass is 336 g/mol. The third-order valence-corrected chi connectivity index (χ3v) is 3.68. The lowest BCUT2D eigenvalue weighted by Gasteiger charge is -2.12. The van der Waals surface area contributed by atoms with Gasteiger partial charge in [0, 0.05) is 27.7 Å². The van der Waals surface area contributed by atoms with Gasteiger partial charge in [-0.2, -0.15) is 0 Å². The van der Waals surface area contributed by atoms with E-state index >= 15 is 0 Å². The van der Waals surface area contributed by atoms with Crippen molar-refractivity contribution in [1.29, 1.82) is 0 Å². The number of phenolic OH excluding ortho intramolecular Hbond substituents is 1. The summed E-state index contributed by atoms with van der Waals surface area (Å²) < 4.78 is 5.53. The number of halogens is 4. The van der Waals surface area contributed by atoms with Crippen LogP contribution in [0.5, 0.6) is 11.5 Å². The maximum atomic E-state index is 9.33. The Kier molecular flexibility index (Phi) is 4.69. The Morgan fingerprint density at radius 2 is 1.42 bits per heavy atom. The van der Waals surface area contributed by atoms with E-state index in [4.69, 9.17) is 51.1 Å². The van der Waals surface area contributed by atoms with Gasteiger partial charge >= 0.3 is 0 Å². The molecule has 0 heterocycles. The Hall–Kier alpha value is -0.800. The Bertz CT molecular complexity index is 570. The molecule has 2 aromatic rings. The number of rotatable bonds is 3. The summed E-state index contributed by atoms with van der Waals surface area (Å²) in [4.78, 5) is 0. The smallest absolute Gasteiger partial charge is 0.157 e. The first-order chi connectivity index (χ1) is 8.99. The summed E-state index contributed by atoms with van der Waals surface area (Å²) in [5.41, 5.74) is 0.644. The number of hydrogen-bond donors (Lipinski definition) is 1. The van der Waals surface area contributed by atoms with Crippen LogP contribution in [0, 0.1) is 0 Å². The van der Waals surface area contributed by atoms with Crippen LogP contribution in [0.3, 0.4) is 0 Å². The zero-order valence-electron chi connectivity index (χ0n) is 9.46. The fourth-order valence-electron chi connectivity index (χ4n) is 1.50. The van der Waals surface area contributed by atoms with Crippen LogP contribution in [0.4, 0.5) is 0 Å². The first kappa shape index (κ1) is 14.6. The van der Waals surface area contributed by atoms with E-state index in [0.29, 0.717) is 15.6 Å². The molecule has 0 spiro atoms. The molecule has 19 heavy (non-hydrogen) atoms. The van der Waals surface area contributed by atoms with Crippen molar-refractivity contribution in [3.05, 3.63) is 56.0 Å².